The molecule has 0 bridgehead atoms. The van der Waals surface area contributed by atoms with Gasteiger partial charge >= 0.3 is 0 Å². The molecule has 1 amide bonds. The smallest absolute Gasteiger partial charge is 0.253 e. The topological polar surface area (TPSA) is 54.0 Å². The van der Waals surface area contributed by atoms with Gasteiger partial charge in [0.1, 0.15) is 0 Å². The highest BCUT2D eigenvalue weighted by Gasteiger charge is 2.18. The fraction of sp³-hybridized carbons (Fsp3) is 0.571. The number of amides is 1. The van der Waals surface area contributed by atoms with Crippen molar-refractivity contribution >= 4 is 11.6 Å². The summed E-state index contributed by atoms with van der Waals surface area (Å²) in [5.74, 6) is 0.481. The van der Waals surface area contributed by atoms with Gasteiger partial charge in [-0.15, -0.1) is 0 Å². The van der Waals surface area contributed by atoms with Crippen LogP contribution in [0, 0.1) is 5.92 Å². The molecule has 0 radical (unpaired) electrons. The Labute approximate surface area is 109 Å². The first kappa shape index (κ1) is 14.5. The van der Waals surface area contributed by atoms with Crippen LogP contribution in [0.2, 0.25) is 0 Å². The molecule has 0 spiro atoms. The summed E-state index contributed by atoms with van der Waals surface area (Å²) in [4.78, 5) is 16.2. The van der Waals surface area contributed by atoms with Gasteiger partial charge in [-0.3, -0.25) is 9.78 Å². The zero-order valence-electron chi connectivity index (χ0n) is 11.7. The molecule has 1 heterocycles. The summed E-state index contributed by atoms with van der Waals surface area (Å²) < 4.78 is 0. The number of rotatable bonds is 6. The molecule has 0 aliphatic rings. The lowest BCUT2D eigenvalue weighted by molar-refractivity contribution is 0.0926. The SMILES string of the molecule is CCC(CC)C(C)NC(=O)c1ccncc1NC. The number of nitrogens with zero attached hydrogens (tertiary/aromatic N) is 1. The maximum atomic E-state index is 12.2. The van der Waals surface area contributed by atoms with Crippen LogP contribution in [-0.4, -0.2) is 24.0 Å². The highest BCUT2D eigenvalue weighted by Crippen LogP contribution is 2.16. The molecular formula is C14H23N3O. The molecule has 0 saturated heterocycles. The van der Waals surface area contributed by atoms with Crippen molar-refractivity contribution in [2.24, 2.45) is 5.92 Å². The van der Waals surface area contributed by atoms with E-state index in [0.29, 0.717) is 11.5 Å². The van der Waals surface area contributed by atoms with Gasteiger partial charge < -0.3 is 10.6 Å². The summed E-state index contributed by atoms with van der Waals surface area (Å²) in [6.07, 6.45) is 5.45. The number of carbonyl (C=O) groups is 1. The molecule has 4 nitrogen and oxygen atoms in total. The highest BCUT2D eigenvalue weighted by molar-refractivity contribution is 5.99. The molecule has 1 rings (SSSR count). The summed E-state index contributed by atoms with van der Waals surface area (Å²) in [5, 5.41) is 6.05. The Hall–Kier alpha value is -1.58. The normalized spacial score (nSPS) is 12.3. The molecule has 0 aromatic carbocycles. The van der Waals surface area contributed by atoms with Gasteiger partial charge in [-0.2, -0.15) is 0 Å². The lowest BCUT2D eigenvalue weighted by Gasteiger charge is -2.23. The third-order valence-corrected chi connectivity index (χ3v) is 3.45. The summed E-state index contributed by atoms with van der Waals surface area (Å²) in [6, 6.07) is 1.92. The molecule has 0 saturated carbocycles. The number of carbonyl (C=O) groups excluding carboxylic acids is 1. The van der Waals surface area contributed by atoms with E-state index in [9.17, 15) is 4.79 Å². The average molecular weight is 249 g/mol. The average Bonchev–Trinajstić information content (AvgIpc) is 2.40. The Morgan fingerprint density at radius 3 is 2.61 bits per heavy atom. The van der Waals surface area contributed by atoms with Crippen molar-refractivity contribution in [2.75, 3.05) is 12.4 Å². The maximum absolute atomic E-state index is 12.2. The maximum Gasteiger partial charge on any atom is 0.253 e. The molecule has 1 unspecified atom stereocenters. The third-order valence-electron chi connectivity index (χ3n) is 3.45. The van der Waals surface area contributed by atoms with Crippen molar-refractivity contribution in [3.8, 4) is 0 Å². The Balaban J connectivity index is 2.76. The number of anilines is 1. The number of hydrogen-bond acceptors (Lipinski definition) is 3. The monoisotopic (exact) mass is 249 g/mol. The predicted molar refractivity (Wildman–Crippen MR) is 74.8 cm³/mol. The second-order valence-corrected chi connectivity index (χ2v) is 4.51. The van der Waals surface area contributed by atoms with Crippen LogP contribution in [-0.2, 0) is 0 Å². The first-order valence-corrected chi connectivity index (χ1v) is 6.56. The molecule has 0 aliphatic heterocycles. The van der Waals surface area contributed by atoms with E-state index in [1.807, 2.05) is 0 Å². The van der Waals surface area contributed by atoms with E-state index in [0.717, 1.165) is 18.5 Å². The van der Waals surface area contributed by atoms with Crippen molar-refractivity contribution in [3.63, 3.8) is 0 Å². The van der Waals surface area contributed by atoms with Crippen LogP contribution >= 0.6 is 0 Å². The summed E-state index contributed by atoms with van der Waals surface area (Å²) >= 11 is 0. The zero-order valence-corrected chi connectivity index (χ0v) is 11.7. The van der Waals surface area contributed by atoms with Gasteiger partial charge in [0.2, 0.25) is 0 Å². The fourth-order valence-electron chi connectivity index (χ4n) is 2.19. The van der Waals surface area contributed by atoms with E-state index in [2.05, 4.69) is 36.4 Å². The second kappa shape index (κ2) is 6.99. The molecule has 1 aromatic heterocycles. The first-order chi connectivity index (χ1) is 8.63. The van der Waals surface area contributed by atoms with E-state index < -0.39 is 0 Å². The Kier molecular flexibility index (Phi) is 5.62. The molecule has 1 atom stereocenters. The van der Waals surface area contributed by atoms with Crippen LogP contribution < -0.4 is 10.6 Å². The van der Waals surface area contributed by atoms with Crippen molar-refractivity contribution in [2.45, 2.75) is 39.7 Å². The predicted octanol–water partition coefficient (Wildman–Crippen LogP) is 2.68. The van der Waals surface area contributed by atoms with E-state index in [4.69, 9.17) is 0 Å². The van der Waals surface area contributed by atoms with Crippen LogP contribution in [0.1, 0.15) is 44.0 Å². The van der Waals surface area contributed by atoms with Crippen molar-refractivity contribution in [1.82, 2.24) is 10.3 Å². The van der Waals surface area contributed by atoms with Gasteiger partial charge in [0, 0.05) is 19.3 Å². The van der Waals surface area contributed by atoms with Gasteiger partial charge in [0.05, 0.1) is 17.4 Å². The zero-order chi connectivity index (χ0) is 13.5. The molecule has 0 fully saturated rings. The van der Waals surface area contributed by atoms with Crippen LogP contribution in [0.5, 0.6) is 0 Å². The fourth-order valence-corrected chi connectivity index (χ4v) is 2.19. The number of hydrogen-bond donors (Lipinski definition) is 2. The first-order valence-electron chi connectivity index (χ1n) is 6.56. The van der Waals surface area contributed by atoms with Crippen LogP contribution in [0.25, 0.3) is 0 Å². The van der Waals surface area contributed by atoms with E-state index in [1.165, 1.54) is 0 Å². The highest BCUT2D eigenvalue weighted by atomic mass is 16.1. The van der Waals surface area contributed by atoms with Crippen LogP contribution in [0.15, 0.2) is 18.5 Å². The van der Waals surface area contributed by atoms with Gasteiger partial charge in [-0.1, -0.05) is 26.7 Å². The van der Waals surface area contributed by atoms with E-state index >= 15 is 0 Å². The Bertz CT molecular complexity index is 388. The molecule has 1 aromatic rings. The Morgan fingerprint density at radius 2 is 2.06 bits per heavy atom. The van der Waals surface area contributed by atoms with Crippen LogP contribution in [0.3, 0.4) is 0 Å². The molecular weight excluding hydrogens is 226 g/mol. The minimum Gasteiger partial charge on any atom is -0.386 e. The summed E-state index contributed by atoms with van der Waals surface area (Å²) in [5.41, 5.74) is 1.40. The molecule has 100 valence electrons. The standard InChI is InChI=1S/C14H23N3O/c1-5-11(6-2)10(3)17-14(18)12-7-8-16-9-13(12)15-4/h7-11,15H,5-6H2,1-4H3,(H,17,18). The van der Waals surface area contributed by atoms with Crippen molar-refractivity contribution in [3.05, 3.63) is 24.0 Å². The molecule has 0 aliphatic carbocycles. The molecule has 2 N–H and O–H groups in total. The largest absolute Gasteiger partial charge is 0.386 e. The van der Waals surface area contributed by atoms with E-state index in [1.54, 1.807) is 25.5 Å². The van der Waals surface area contributed by atoms with Gasteiger partial charge in [-0.25, -0.2) is 0 Å². The third kappa shape index (κ3) is 3.45. The molecule has 18 heavy (non-hydrogen) atoms. The van der Waals surface area contributed by atoms with Crippen molar-refractivity contribution < 1.29 is 4.79 Å². The summed E-state index contributed by atoms with van der Waals surface area (Å²) in [6.45, 7) is 6.38. The number of nitrogens with one attached hydrogen (secondary N) is 2. The lowest BCUT2D eigenvalue weighted by atomic mass is 9.95. The van der Waals surface area contributed by atoms with Gasteiger partial charge in [0.15, 0.2) is 0 Å². The molecule has 4 heteroatoms. The lowest BCUT2D eigenvalue weighted by Crippen LogP contribution is -2.38. The van der Waals surface area contributed by atoms with Gasteiger partial charge in [-0.05, 0) is 18.9 Å². The minimum atomic E-state index is -0.0406. The second-order valence-electron chi connectivity index (χ2n) is 4.51. The number of aromatic nitrogens is 1. The van der Waals surface area contributed by atoms with Crippen molar-refractivity contribution in [1.29, 1.82) is 0 Å². The Morgan fingerprint density at radius 1 is 1.39 bits per heavy atom. The number of pyridine rings is 1. The van der Waals surface area contributed by atoms with Crippen LogP contribution in [0.4, 0.5) is 5.69 Å². The summed E-state index contributed by atoms with van der Waals surface area (Å²) in [7, 11) is 1.79. The quantitative estimate of drug-likeness (QED) is 0.815. The van der Waals surface area contributed by atoms with E-state index in [-0.39, 0.29) is 11.9 Å². The minimum absolute atomic E-state index is 0.0406. The van der Waals surface area contributed by atoms with Gasteiger partial charge in [0.25, 0.3) is 5.91 Å².